The van der Waals surface area contributed by atoms with Gasteiger partial charge in [0.1, 0.15) is 0 Å². The highest BCUT2D eigenvalue weighted by Crippen LogP contribution is 2.32. The second-order valence-corrected chi connectivity index (χ2v) is 6.58. The third-order valence-corrected chi connectivity index (χ3v) is 4.27. The quantitative estimate of drug-likeness (QED) is 0.385. The van der Waals surface area contributed by atoms with Crippen molar-refractivity contribution in [3.8, 4) is 11.5 Å². The van der Waals surface area contributed by atoms with E-state index in [4.69, 9.17) is 19.9 Å². The van der Waals surface area contributed by atoms with E-state index in [0.717, 1.165) is 56.5 Å². The first-order valence-corrected chi connectivity index (χ1v) is 8.97. The number of benzene rings is 1. The summed E-state index contributed by atoms with van der Waals surface area (Å²) in [4.78, 5) is 6.88. The summed E-state index contributed by atoms with van der Waals surface area (Å²) < 4.78 is 16.7. The third-order valence-electron chi connectivity index (χ3n) is 4.27. The van der Waals surface area contributed by atoms with Crippen LogP contribution in [0.25, 0.3) is 0 Å². The molecule has 0 spiro atoms. The SMILES string of the molecule is CC(CN=C(N)Nc1ccc2c(c1)OCCCO2)CN1CCOCC1.I. The highest BCUT2D eigenvalue weighted by atomic mass is 127. The van der Waals surface area contributed by atoms with Crippen LogP contribution in [0.15, 0.2) is 23.2 Å². The Morgan fingerprint density at radius 2 is 1.92 bits per heavy atom. The zero-order valence-electron chi connectivity index (χ0n) is 15.3. The van der Waals surface area contributed by atoms with Gasteiger partial charge in [0.05, 0.1) is 26.4 Å². The summed E-state index contributed by atoms with van der Waals surface area (Å²) in [6.45, 7) is 8.90. The van der Waals surface area contributed by atoms with Gasteiger partial charge in [-0.25, -0.2) is 0 Å². The maximum absolute atomic E-state index is 6.03. The van der Waals surface area contributed by atoms with E-state index >= 15 is 0 Å². The molecule has 1 fully saturated rings. The van der Waals surface area contributed by atoms with Crippen LogP contribution in [0, 0.1) is 5.92 Å². The number of hydrogen-bond donors (Lipinski definition) is 2. The lowest BCUT2D eigenvalue weighted by Gasteiger charge is -2.28. The minimum atomic E-state index is 0. The minimum absolute atomic E-state index is 0. The van der Waals surface area contributed by atoms with E-state index in [0.29, 0.717) is 31.6 Å². The molecule has 2 heterocycles. The molecule has 146 valence electrons. The third kappa shape index (κ3) is 6.48. The molecule has 7 nitrogen and oxygen atoms in total. The molecule has 1 aromatic rings. The smallest absolute Gasteiger partial charge is 0.193 e. The number of rotatable bonds is 5. The predicted molar refractivity (Wildman–Crippen MR) is 114 cm³/mol. The fourth-order valence-electron chi connectivity index (χ4n) is 2.96. The van der Waals surface area contributed by atoms with E-state index in [9.17, 15) is 0 Å². The number of morpholine rings is 1. The van der Waals surface area contributed by atoms with Crippen LogP contribution < -0.4 is 20.5 Å². The number of anilines is 1. The van der Waals surface area contributed by atoms with Gasteiger partial charge in [-0.3, -0.25) is 9.89 Å². The van der Waals surface area contributed by atoms with E-state index in [1.807, 2.05) is 18.2 Å². The standard InChI is InChI=1S/C18H28N4O3.HI/c1-14(13-22-5-9-23-10-6-22)12-20-18(19)21-15-3-4-16-17(11-15)25-8-2-7-24-16;/h3-4,11,14H,2,5-10,12-13H2,1H3,(H3,19,20,21);1H. The summed E-state index contributed by atoms with van der Waals surface area (Å²) in [6, 6.07) is 5.73. The van der Waals surface area contributed by atoms with Gasteiger partial charge >= 0.3 is 0 Å². The highest BCUT2D eigenvalue weighted by Gasteiger charge is 2.14. The van der Waals surface area contributed by atoms with Crippen LogP contribution in [-0.4, -0.2) is 63.5 Å². The monoisotopic (exact) mass is 476 g/mol. The largest absolute Gasteiger partial charge is 0.490 e. The van der Waals surface area contributed by atoms with Crippen molar-refractivity contribution in [1.29, 1.82) is 0 Å². The molecule has 0 radical (unpaired) electrons. The van der Waals surface area contributed by atoms with Crippen molar-refractivity contribution in [1.82, 2.24) is 4.90 Å². The van der Waals surface area contributed by atoms with Crippen LogP contribution in [-0.2, 0) is 4.74 Å². The van der Waals surface area contributed by atoms with E-state index in [1.165, 1.54) is 0 Å². The average Bonchev–Trinajstić information content (AvgIpc) is 2.86. The minimum Gasteiger partial charge on any atom is -0.490 e. The Hall–Kier alpha value is -1.26. The van der Waals surface area contributed by atoms with Crippen LogP contribution >= 0.6 is 24.0 Å². The van der Waals surface area contributed by atoms with Crippen molar-refractivity contribution in [2.45, 2.75) is 13.3 Å². The number of nitrogens with one attached hydrogen (secondary N) is 1. The molecule has 2 aliphatic heterocycles. The van der Waals surface area contributed by atoms with Gasteiger partial charge in [-0.15, -0.1) is 24.0 Å². The number of aliphatic imine (C=N–C) groups is 1. The number of nitrogens with zero attached hydrogens (tertiary/aromatic N) is 2. The van der Waals surface area contributed by atoms with Gasteiger partial charge in [0.25, 0.3) is 0 Å². The Bertz CT molecular complexity index is 594. The first-order valence-electron chi connectivity index (χ1n) is 8.97. The molecule has 1 aromatic carbocycles. The van der Waals surface area contributed by atoms with E-state index in [2.05, 4.69) is 22.1 Å². The number of fused-ring (bicyclic) bond motifs is 1. The van der Waals surface area contributed by atoms with Crippen LogP contribution in [0.3, 0.4) is 0 Å². The zero-order chi connectivity index (χ0) is 17.5. The Labute approximate surface area is 172 Å². The number of ether oxygens (including phenoxy) is 3. The van der Waals surface area contributed by atoms with Gasteiger partial charge < -0.3 is 25.3 Å². The molecular formula is C18H29IN4O3. The zero-order valence-corrected chi connectivity index (χ0v) is 17.6. The second-order valence-electron chi connectivity index (χ2n) is 6.58. The maximum atomic E-state index is 6.03. The molecule has 1 atom stereocenters. The average molecular weight is 476 g/mol. The molecule has 0 saturated carbocycles. The van der Waals surface area contributed by atoms with Crippen molar-refractivity contribution in [3.63, 3.8) is 0 Å². The molecule has 0 aromatic heterocycles. The van der Waals surface area contributed by atoms with Crippen molar-refractivity contribution in [3.05, 3.63) is 18.2 Å². The summed E-state index contributed by atoms with van der Waals surface area (Å²) in [5.41, 5.74) is 6.88. The van der Waals surface area contributed by atoms with Crippen LogP contribution in [0.5, 0.6) is 11.5 Å². The lowest BCUT2D eigenvalue weighted by atomic mass is 10.1. The molecule has 3 rings (SSSR count). The summed E-state index contributed by atoms with van der Waals surface area (Å²) in [6.07, 6.45) is 0.891. The van der Waals surface area contributed by atoms with Gasteiger partial charge in [0.15, 0.2) is 17.5 Å². The van der Waals surface area contributed by atoms with E-state index in [1.54, 1.807) is 0 Å². The summed E-state index contributed by atoms with van der Waals surface area (Å²) in [5, 5.41) is 3.13. The molecule has 8 heteroatoms. The van der Waals surface area contributed by atoms with Gasteiger partial charge in [0, 0.05) is 44.4 Å². The molecule has 26 heavy (non-hydrogen) atoms. The summed E-state index contributed by atoms with van der Waals surface area (Å²) >= 11 is 0. The van der Waals surface area contributed by atoms with E-state index < -0.39 is 0 Å². The van der Waals surface area contributed by atoms with Crippen molar-refractivity contribution in [2.24, 2.45) is 16.6 Å². The van der Waals surface area contributed by atoms with Gasteiger partial charge in [-0.05, 0) is 18.1 Å². The lowest BCUT2D eigenvalue weighted by Crippen LogP contribution is -2.39. The predicted octanol–water partition coefficient (Wildman–Crippen LogP) is 2.16. The summed E-state index contributed by atoms with van der Waals surface area (Å²) in [5.74, 6) is 2.39. The van der Waals surface area contributed by atoms with Gasteiger partial charge in [-0.2, -0.15) is 0 Å². The van der Waals surface area contributed by atoms with Crippen LogP contribution in [0.2, 0.25) is 0 Å². The van der Waals surface area contributed by atoms with Crippen molar-refractivity contribution >= 4 is 35.6 Å². The van der Waals surface area contributed by atoms with Crippen molar-refractivity contribution < 1.29 is 14.2 Å². The number of hydrogen-bond acceptors (Lipinski definition) is 5. The molecule has 1 unspecified atom stereocenters. The molecule has 3 N–H and O–H groups in total. The number of guanidine groups is 1. The van der Waals surface area contributed by atoms with Crippen molar-refractivity contribution in [2.75, 3.05) is 57.9 Å². The van der Waals surface area contributed by atoms with Gasteiger partial charge in [-0.1, -0.05) is 6.92 Å². The fraction of sp³-hybridized carbons (Fsp3) is 0.611. The highest BCUT2D eigenvalue weighted by molar-refractivity contribution is 14.0. The normalized spacial score (nSPS) is 19.2. The topological polar surface area (TPSA) is 81.3 Å². The molecular weight excluding hydrogens is 447 g/mol. The fourth-order valence-corrected chi connectivity index (χ4v) is 2.96. The van der Waals surface area contributed by atoms with Gasteiger partial charge in [0.2, 0.25) is 0 Å². The summed E-state index contributed by atoms with van der Waals surface area (Å²) in [7, 11) is 0. The number of nitrogens with two attached hydrogens (primary N) is 1. The van der Waals surface area contributed by atoms with Crippen LogP contribution in [0.1, 0.15) is 13.3 Å². The molecule has 2 aliphatic rings. The van der Waals surface area contributed by atoms with E-state index in [-0.39, 0.29) is 24.0 Å². The second kappa shape index (κ2) is 10.8. The maximum Gasteiger partial charge on any atom is 0.193 e. The molecule has 0 amide bonds. The first kappa shape index (κ1) is 21.0. The Kier molecular flexibility index (Phi) is 8.73. The molecule has 0 aliphatic carbocycles. The molecule has 1 saturated heterocycles. The Balaban J connectivity index is 0.00000243. The number of halogens is 1. The van der Waals surface area contributed by atoms with Crippen LogP contribution in [0.4, 0.5) is 5.69 Å². The Morgan fingerprint density at radius 1 is 1.19 bits per heavy atom. The molecule has 0 bridgehead atoms. The Morgan fingerprint density at radius 3 is 2.69 bits per heavy atom. The lowest BCUT2D eigenvalue weighted by molar-refractivity contribution is 0.0323. The first-order chi connectivity index (χ1) is 12.2.